The molecule has 0 saturated heterocycles. The number of nitrogens with zero attached hydrogens (tertiary/aromatic N) is 3. The summed E-state index contributed by atoms with van der Waals surface area (Å²) in [5.41, 5.74) is 2.81. The second-order valence-electron chi connectivity index (χ2n) is 4.87. The van der Waals surface area contributed by atoms with E-state index in [1.807, 2.05) is 33.0 Å². The predicted octanol–water partition coefficient (Wildman–Crippen LogP) is 2.90. The first-order valence-corrected chi connectivity index (χ1v) is 7.20. The number of anilines is 1. The van der Waals surface area contributed by atoms with Gasteiger partial charge >= 0.3 is 0 Å². The first-order chi connectivity index (χ1) is 9.50. The van der Waals surface area contributed by atoms with E-state index in [9.17, 15) is 4.79 Å². The van der Waals surface area contributed by atoms with E-state index >= 15 is 0 Å². The van der Waals surface area contributed by atoms with Crippen LogP contribution in [0.2, 0.25) is 0 Å². The lowest BCUT2D eigenvalue weighted by Crippen LogP contribution is -2.26. The zero-order chi connectivity index (χ0) is 14.7. The van der Waals surface area contributed by atoms with Gasteiger partial charge in [-0.25, -0.2) is 4.68 Å². The maximum absolute atomic E-state index is 12.1. The van der Waals surface area contributed by atoms with Gasteiger partial charge in [0.15, 0.2) is 0 Å². The zero-order valence-electron chi connectivity index (χ0n) is 11.7. The van der Waals surface area contributed by atoms with E-state index in [4.69, 9.17) is 0 Å². The van der Waals surface area contributed by atoms with Crippen LogP contribution in [0.15, 0.2) is 33.9 Å². The van der Waals surface area contributed by atoms with Crippen LogP contribution >= 0.6 is 15.9 Å². The van der Waals surface area contributed by atoms with Gasteiger partial charge in [0.2, 0.25) is 0 Å². The Bertz CT molecular complexity index is 666. The third-order valence-corrected chi connectivity index (χ3v) is 3.82. The van der Waals surface area contributed by atoms with Crippen molar-refractivity contribution in [2.45, 2.75) is 33.4 Å². The Balaban J connectivity index is 2.21. The van der Waals surface area contributed by atoms with Crippen molar-refractivity contribution in [3.8, 4) is 0 Å². The largest absolute Gasteiger partial charge is 0.379 e. The summed E-state index contributed by atoms with van der Waals surface area (Å²) in [6, 6.07) is 1.99. The van der Waals surface area contributed by atoms with E-state index in [0.29, 0.717) is 16.7 Å². The maximum Gasteiger partial charge on any atom is 0.283 e. The highest BCUT2D eigenvalue weighted by Crippen LogP contribution is 2.18. The van der Waals surface area contributed by atoms with Crippen LogP contribution in [-0.4, -0.2) is 14.8 Å². The first kappa shape index (κ1) is 14.7. The van der Waals surface area contributed by atoms with E-state index in [0.717, 1.165) is 11.1 Å². The minimum absolute atomic E-state index is 0.0356. The van der Waals surface area contributed by atoms with Crippen molar-refractivity contribution in [1.82, 2.24) is 14.8 Å². The molecule has 2 aromatic heterocycles. The fourth-order valence-electron chi connectivity index (χ4n) is 1.81. The van der Waals surface area contributed by atoms with Gasteiger partial charge in [0.1, 0.15) is 4.47 Å². The molecule has 5 nitrogen and oxygen atoms in total. The Morgan fingerprint density at radius 2 is 2.15 bits per heavy atom. The Kier molecular flexibility index (Phi) is 4.54. The molecule has 0 aromatic carbocycles. The van der Waals surface area contributed by atoms with Crippen LogP contribution in [-0.2, 0) is 6.54 Å². The van der Waals surface area contributed by atoms with Crippen LogP contribution in [0.5, 0.6) is 0 Å². The SMILES string of the molecule is Cc1ccncc1CNc1cnn(C(C)C)c(=O)c1Br. The molecule has 1 N–H and O–H groups in total. The summed E-state index contributed by atoms with van der Waals surface area (Å²) < 4.78 is 1.95. The van der Waals surface area contributed by atoms with Gasteiger partial charge in [0.25, 0.3) is 5.56 Å². The van der Waals surface area contributed by atoms with Crippen molar-refractivity contribution in [3.63, 3.8) is 0 Å². The highest BCUT2D eigenvalue weighted by atomic mass is 79.9. The molecular weight excluding hydrogens is 320 g/mol. The number of halogens is 1. The number of aromatic nitrogens is 3. The third kappa shape index (κ3) is 3.07. The molecule has 0 bridgehead atoms. The molecule has 0 saturated carbocycles. The van der Waals surface area contributed by atoms with Gasteiger partial charge in [-0.3, -0.25) is 9.78 Å². The van der Waals surface area contributed by atoms with E-state index in [-0.39, 0.29) is 11.6 Å². The highest BCUT2D eigenvalue weighted by Gasteiger charge is 2.10. The van der Waals surface area contributed by atoms with Crippen LogP contribution < -0.4 is 10.9 Å². The van der Waals surface area contributed by atoms with Gasteiger partial charge < -0.3 is 5.32 Å². The van der Waals surface area contributed by atoms with E-state index in [1.165, 1.54) is 4.68 Å². The van der Waals surface area contributed by atoms with E-state index in [1.54, 1.807) is 12.4 Å². The summed E-state index contributed by atoms with van der Waals surface area (Å²) in [6.07, 6.45) is 5.25. The average molecular weight is 337 g/mol. The molecule has 6 heteroatoms. The van der Waals surface area contributed by atoms with Crippen LogP contribution in [0.25, 0.3) is 0 Å². The number of pyridine rings is 1. The predicted molar refractivity (Wildman–Crippen MR) is 82.9 cm³/mol. The standard InChI is InChI=1S/C14H17BrN4O/c1-9(2)19-14(20)13(15)12(8-18-19)17-7-11-6-16-5-4-10(11)3/h4-6,8-9,17H,7H2,1-3H3. The molecule has 0 aliphatic heterocycles. The molecule has 0 radical (unpaired) electrons. The second-order valence-corrected chi connectivity index (χ2v) is 5.66. The Hall–Kier alpha value is -1.69. The molecule has 20 heavy (non-hydrogen) atoms. The Morgan fingerprint density at radius 3 is 2.80 bits per heavy atom. The minimum atomic E-state index is -0.132. The Labute approximate surface area is 126 Å². The summed E-state index contributed by atoms with van der Waals surface area (Å²) in [5.74, 6) is 0. The van der Waals surface area contributed by atoms with Crippen molar-refractivity contribution in [3.05, 3.63) is 50.6 Å². The molecule has 0 fully saturated rings. The first-order valence-electron chi connectivity index (χ1n) is 6.41. The van der Waals surface area contributed by atoms with Gasteiger partial charge in [0.05, 0.1) is 17.9 Å². The van der Waals surface area contributed by atoms with Crippen LogP contribution in [0.3, 0.4) is 0 Å². The van der Waals surface area contributed by atoms with Gasteiger partial charge in [-0.15, -0.1) is 0 Å². The van der Waals surface area contributed by atoms with Crippen molar-refractivity contribution in [1.29, 1.82) is 0 Å². The normalized spacial score (nSPS) is 10.8. The number of rotatable bonds is 4. The van der Waals surface area contributed by atoms with Crippen molar-refractivity contribution >= 4 is 21.6 Å². The summed E-state index contributed by atoms with van der Waals surface area (Å²) >= 11 is 3.34. The van der Waals surface area contributed by atoms with Crippen LogP contribution in [0.1, 0.15) is 31.0 Å². The fraction of sp³-hybridized carbons (Fsp3) is 0.357. The monoisotopic (exact) mass is 336 g/mol. The summed E-state index contributed by atoms with van der Waals surface area (Å²) in [6.45, 7) is 6.48. The maximum atomic E-state index is 12.1. The lowest BCUT2D eigenvalue weighted by atomic mass is 10.1. The van der Waals surface area contributed by atoms with Gasteiger partial charge in [0, 0.05) is 18.9 Å². The van der Waals surface area contributed by atoms with Gasteiger partial charge in [-0.05, 0) is 53.9 Å². The summed E-state index contributed by atoms with van der Waals surface area (Å²) in [5, 5.41) is 7.38. The van der Waals surface area contributed by atoms with Gasteiger partial charge in [-0.1, -0.05) is 0 Å². The summed E-state index contributed by atoms with van der Waals surface area (Å²) in [7, 11) is 0. The average Bonchev–Trinajstić information content (AvgIpc) is 2.41. The number of hydrogen-bond donors (Lipinski definition) is 1. The van der Waals surface area contributed by atoms with Gasteiger partial charge in [-0.2, -0.15) is 5.10 Å². The molecule has 0 atom stereocenters. The molecule has 0 unspecified atom stereocenters. The molecule has 0 spiro atoms. The molecule has 2 rings (SSSR count). The lowest BCUT2D eigenvalue weighted by Gasteiger charge is -2.13. The molecule has 0 amide bonds. The fourth-order valence-corrected chi connectivity index (χ4v) is 2.23. The molecule has 106 valence electrons. The molecule has 0 aliphatic carbocycles. The molecule has 0 aliphatic rings. The number of aryl methyl sites for hydroxylation is 1. The van der Waals surface area contributed by atoms with Crippen LogP contribution in [0.4, 0.5) is 5.69 Å². The number of nitrogens with one attached hydrogen (secondary N) is 1. The molecule has 2 heterocycles. The topological polar surface area (TPSA) is 59.8 Å². The quantitative estimate of drug-likeness (QED) is 0.932. The summed E-state index contributed by atoms with van der Waals surface area (Å²) in [4.78, 5) is 16.2. The molecule has 2 aromatic rings. The van der Waals surface area contributed by atoms with Crippen molar-refractivity contribution in [2.24, 2.45) is 0 Å². The van der Waals surface area contributed by atoms with E-state index < -0.39 is 0 Å². The molecular formula is C14H17BrN4O. The van der Waals surface area contributed by atoms with E-state index in [2.05, 4.69) is 31.3 Å². The Morgan fingerprint density at radius 1 is 1.40 bits per heavy atom. The second kappa shape index (κ2) is 6.17. The smallest absolute Gasteiger partial charge is 0.283 e. The highest BCUT2D eigenvalue weighted by molar-refractivity contribution is 9.10. The van der Waals surface area contributed by atoms with Crippen molar-refractivity contribution < 1.29 is 0 Å². The van der Waals surface area contributed by atoms with Crippen LogP contribution in [0, 0.1) is 6.92 Å². The zero-order valence-corrected chi connectivity index (χ0v) is 13.3. The third-order valence-electron chi connectivity index (χ3n) is 3.05. The van der Waals surface area contributed by atoms with Crippen molar-refractivity contribution in [2.75, 3.05) is 5.32 Å². The minimum Gasteiger partial charge on any atom is -0.379 e. The number of hydrogen-bond acceptors (Lipinski definition) is 4. The lowest BCUT2D eigenvalue weighted by molar-refractivity contribution is 0.501.